The van der Waals surface area contributed by atoms with E-state index in [0.29, 0.717) is 13.2 Å². The molecule has 0 aliphatic carbocycles. The summed E-state index contributed by atoms with van der Waals surface area (Å²) in [6, 6.07) is 4.03. The van der Waals surface area contributed by atoms with Crippen molar-refractivity contribution in [3.05, 3.63) is 40.0 Å². The van der Waals surface area contributed by atoms with Gasteiger partial charge in [0.2, 0.25) is 0 Å². The van der Waals surface area contributed by atoms with Crippen molar-refractivity contribution in [1.82, 2.24) is 5.32 Å². The molecule has 0 atom stereocenters. The summed E-state index contributed by atoms with van der Waals surface area (Å²) in [5, 5.41) is 11.4. The number of carboxylic acid groups (broad SMARTS) is 1. The molecule has 1 heterocycles. The third kappa shape index (κ3) is 3.00. The number of halogens is 1. The molecule has 0 bridgehead atoms. The lowest BCUT2D eigenvalue weighted by molar-refractivity contribution is -0.131. The second-order valence-electron chi connectivity index (χ2n) is 3.70. The van der Waals surface area contributed by atoms with Crippen LogP contribution in [0.4, 0.5) is 0 Å². The van der Waals surface area contributed by atoms with Crippen LogP contribution < -0.4 is 10.1 Å². The lowest BCUT2D eigenvalue weighted by atomic mass is 10.1. The zero-order valence-electron chi connectivity index (χ0n) is 9.07. The van der Waals surface area contributed by atoms with Crippen LogP contribution >= 0.6 is 15.9 Å². The number of carbonyl (C=O) groups is 1. The predicted molar refractivity (Wildman–Crippen MR) is 67.0 cm³/mol. The highest BCUT2D eigenvalue weighted by atomic mass is 79.9. The number of ether oxygens (including phenoxy) is 1. The van der Waals surface area contributed by atoms with Gasteiger partial charge >= 0.3 is 5.97 Å². The maximum Gasteiger partial charge on any atom is 0.329 e. The smallest absolute Gasteiger partial charge is 0.329 e. The van der Waals surface area contributed by atoms with Crippen molar-refractivity contribution in [3.63, 3.8) is 0 Å². The first-order chi connectivity index (χ1) is 8.16. The second-order valence-corrected chi connectivity index (χ2v) is 4.62. The molecule has 0 aromatic heterocycles. The number of nitrogens with one attached hydrogen (secondary N) is 1. The molecule has 0 spiro atoms. The Kier molecular flexibility index (Phi) is 3.68. The van der Waals surface area contributed by atoms with Crippen LogP contribution in [-0.2, 0) is 17.8 Å². The zero-order chi connectivity index (χ0) is 12.3. The van der Waals surface area contributed by atoms with Gasteiger partial charge in [-0.15, -0.1) is 0 Å². The number of benzene rings is 1. The largest absolute Gasteiger partial charge is 0.493 e. The summed E-state index contributed by atoms with van der Waals surface area (Å²) >= 11 is 3.45. The van der Waals surface area contributed by atoms with E-state index in [-0.39, 0.29) is 0 Å². The van der Waals surface area contributed by atoms with Crippen molar-refractivity contribution in [2.75, 3.05) is 6.61 Å². The molecule has 17 heavy (non-hydrogen) atoms. The molecule has 0 fully saturated rings. The minimum atomic E-state index is -0.965. The maximum atomic E-state index is 10.3. The van der Waals surface area contributed by atoms with E-state index < -0.39 is 5.97 Å². The summed E-state index contributed by atoms with van der Waals surface area (Å²) in [6.45, 7) is 1.26. The third-order valence-corrected chi connectivity index (χ3v) is 2.92. The van der Waals surface area contributed by atoms with Crippen LogP contribution in [0.1, 0.15) is 11.1 Å². The number of carboxylic acids is 1. The molecular formula is C12H12BrNO3. The van der Waals surface area contributed by atoms with Gasteiger partial charge in [0.1, 0.15) is 5.75 Å². The van der Waals surface area contributed by atoms with Crippen molar-refractivity contribution in [3.8, 4) is 5.75 Å². The van der Waals surface area contributed by atoms with Crippen LogP contribution in [0, 0.1) is 0 Å². The molecule has 0 unspecified atom stereocenters. The van der Waals surface area contributed by atoms with Crippen molar-refractivity contribution in [2.24, 2.45) is 0 Å². The molecule has 5 heteroatoms. The van der Waals surface area contributed by atoms with Gasteiger partial charge < -0.3 is 15.2 Å². The SMILES string of the molecule is O=C(O)/C=C/NCc1cc(Br)cc2c1OCC2. The van der Waals surface area contributed by atoms with Crippen LogP contribution in [0.15, 0.2) is 28.9 Å². The van der Waals surface area contributed by atoms with Gasteiger partial charge in [-0.3, -0.25) is 0 Å². The Morgan fingerprint density at radius 2 is 2.41 bits per heavy atom. The molecule has 1 aromatic rings. The average Bonchev–Trinajstić information content (AvgIpc) is 2.71. The predicted octanol–water partition coefficient (Wildman–Crippen LogP) is 2.07. The molecule has 1 aromatic carbocycles. The number of rotatable bonds is 4. The van der Waals surface area contributed by atoms with Gasteiger partial charge in [0, 0.05) is 35.3 Å². The van der Waals surface area contributed by atoms with Gasteiger partial charge in [0.15, 0.2) is 0 Å². The summed E-state index contributed by atoms with van der Waals surface area (Å²) in [4.78, 5) is 10.3. The minimum absolute atomic E-state index is 0.547. The molecule has 2 rings (SSSR count). The van der Waals surface area contributed by atoms with E-state index in [1.807, 2.05) is 6.07 Å². The third-order valence-electron chi connectivity index (χ3n) is 2.46. The van der Waals surface area contributed by atoms with Gasteiger partial charge in [-0.05, 0) is 17.7 Å². The van der Waals surface area contributed by atoms with Crippen molar-refractivity contribution in [2.45, 2.75) is 13.0 Å². The summed E-state index contributed by atoms with van der Waals surface area (Å²) < 4.78 is 6.58. The first kappa shape index (κ1) is 12.0. The molecule has 0 saturated carbocycles. The summed E-state index contributed by atoms with van der Waals surface area (Å²) in [7, 11) is 0. The van der Waals surface area contributed by atoms with E-state index in [9.17, 15) is 4.79 Å². The van der Waals surface area contributed by atoms with Crippen LogP contribution in [-0.4, -0.2) is 17.7 Å². The Morgan fingerprint density at radius 3 is 3.18 bits per heavy atom. The molecule has 2 N–H and O–H groups in total. The van der Waals surface area contributed by atoms with E-state index in [1.54, 1.807) is 0 Å². The highest BCUT2D eigenvalue weighted by Crippen LogP contribution is 2.32. The highest BCUT2D eigenvalue weighted by Gasteiger charge is 2.16. The fraction of sp³-hybridized carbons (Fsp3) is 0.250. The minimum Gasteiger partial charge on any atom is -0.493 e. The molecular weight excluding hydrogens is 286 g/mol. The zero-order valence-corrected chi connectivity index (χ0v) is 10.7. The van der Waals surface area contributed by atoms with Crippen LogP contribution in [0.5, 0.6) is 5.75 Å². The van der Waals surface area contributed by atoms with Gasteiger partial charge in [0.05, 0.1) is 6.61 Å². The fourth-order valence-electron chi connectivity index (χ4n) is 1.78. The Bertz CT molecular complexity index is 471. The average molecular weight is 298 g/mol. The van der Waals surface area contributed by atoms with Gasteiger partial charge in [-0.25, -0.2) is 4.79 Å². The Balaban J connectivity index is 2.08. The van der Waals surface area contributed by atoms with Crippen molar-refractivity contribution >= 4 is 21.9 Å². The molecule has 1 aliphatic rings. The monoisotopic (exact) mass is 297 g/mol. The molecule has 0 saturated heterocycles. The quantitative estimate of drug-likeness (QED) is 0.836. The Labute approximate surface area is 107 Å². The Hall–Kier alpha value is -1.49. The van der Waals surface area contributed by atoms with Gasteiger partial charge in [-0.2, -0.15) is 0 Å². The van der Waals surface area contributed by atoms with E-state index in [0.717, 1.165) is 28.3 Å². The summed E-state index contributed by atoms with van der Waals surface area (Å²) in [6.07, 6.45) is 3.41. The lowest BCUT2D eigenvalue weighted by Gasteiger charge is -2.08. The number of aliphatic carboxylic acids is 1. The van der Waals surface area contributed by atoms with Crippen LogP contribution in [0.25, 0.3) is 0 Å². The molecule has 0 radical (unpaired) electrons. The first-order valence-corrected chi connectivity index (χ1v) is 6.03. The number of fused-ring (bicyclic) bond motifs is 1. The molecule has 90 valence electrons. The fourth-order valence-corrected chi connectivity index (χ4v) is 2.33. The first-order valence-electron chi connectivity index (χ1n) is 5.24. The number of hydrogen-bond donors (Lipinski definition) is 2. The van der Waals surface area contributed by atoms with E-state index >= 15 is 0 Å². The van der Waals surface area contributed by atoms with Crippen LogP contribution in [0.2, 0.25) is 0 Å². The Morgan fingerprint density at radius 1 is 1.59 bits per heavy atom. The topological polar surface area (TPSA) is 58.6 Å². The summed E-state index contributed by atoms with van der Waals surface area (Å²) in [5.74, 6) is -0.0438. The van der Waals surface area contributed by atoms with Gasteiger partial charge in [0.25, 0.3) is 0 Å². The molecule has 1 aliphatic heterocycles. The maximum absolute atomic E-state index is 10.3. The van der Waals surface area contributed by atoms with Crippen LogP contribution in [0.3, 0.4) is 0 Å². The van der Waals surface area contributed by atoms with E-state index in [1.165, 1.54) is 11.8 Å². The lowest BCUT2D eigenvalue weighted by Crippen LogP contribution is -2.07. The second kappa shape index (κ2) is 5.23. The van der Waals surface area contributed by atoms with E-state index in [2.05, 4.69) is 27.3 Å². The van der Waals surface area contributed by atoms with E-state index in [4.69, 9.17) is 9.84 Å². The highest BCUT2D eigenvalue weighted by molar-refractivity contribution is 9.10. The van der Waals surface area contributed by atoms with Crippen molar-refractivity contribution in [1.29, 1.82) is 0 Å². The summed E-state index contributed by atoms with van der Waals surface area (Å²) in [5.41, 5.74) is 2.22. The molecule has 0 amide bonds. The number of hydrogen-bond acceptors (Lipinski definition) is 3. The molecule has 4 nitrogen and oxygen atoms in total. The standard InChI is InChI=1S/C12H12BrNO3/c13-10-5-8-2-4-17-12(8)9(6-10)7-14-3-1-11(15)16/h1,3,5-6,14H,2,4,7H2,(H,15,16)/b3-1+. The van der Waals surface area contributed by atoms with Gasteiger partial charge in [-0.1, -0.05) is 15.9 Å². The van der Waals surface area contributed by atoms with Crippen molar-refractivity contribution < 1.29 is 14.6 Å². The normalized spacial score (nSPS) is 13.5.